The molecule has 1 aromatic carbocycles. The lowest BCUT2D eigenvalue weighted by molar-refractivity contribution is -0.0112. The maximum atomic E-state index is 4.80. The van der Waals surface area contributed by atoms with Crippen LogP contribution in [0.3, 0.4) is 0 Å². The fourth-order valence-corrected chi connectivity index (χ4v) is 6.20. The van der Waals surface area contributed by atoms with Crippen molar-refractivity contribution in [1.29, 1.82) is 0 Å². The second kappa shape index (κ2) is 7.31. The summed E-state index contributed by atoms with van der Waals surface area (Å²) in [5, 5.41) is 6.92. The van der Waals surface area contributed by atoms with Gasteiger partial charge in [-0.15, -0.1) is 11.3 Å². The molecule has 3 nitrogen and oxygen atoms in total. The number of fused-ring (bicyclic) bond motifs is 1. The molecule has 3 aliphatic carbocycles. The first kappa shape index (κ1) is 18.4. The van der Waals surface area contributed by atoms with E-state index in [4.69, 9.17) is 4.98 Å². The number of nitrogens with zero attached hydrogens (tertiary/aromatic N) is 2. The van der Waals surface area contributed by atoms with Gasteiger partial charge >= 0.3 is 0 Å². The molecule has 2 atom stereocenters. The maximum absolute atomic E-state index is 4.80. The van der Waals surface area contributed by atoms with Gasteiger partial charge in [-0.2, -0.15) is 0 Å². The zero-order valence-electron chi connectivity index (χ0n) is 17.0. The first-order valence-corrected chi connectivity index (χ1v) is 11.7. The van der Waals surface area contributed by atoms with Gasteiger partial charge in [-0.25, -0.2) is 4.98 Å². The third kappa shape index (κ3) is 3.42. The van der Waals surface area contributed by atoms with Gasteiger partial charge in [0.15, 0.2) is 5.13 Å². The average Bonchev–Trinajstić information content (AvgIpc) is 3.19. The van der Waals surface area contributed by atoms with Crippen LogP contribution in [0.25, 0.3) is 11.3 Å². The summed E-state index contributed by atoms with van der Waals surface area (Å²) < 4.78 is 0. The topological polar surface area (TPSA) is 28.2 Å². The van der Waals surface area contributed by atoms with Crippen LogP contribution < -0.4 is 5.32 Å². The standard InChI is InChI=1S/C24H31N3S/c1-24(2)19-9-8-18(21(24)14-19)15-27-12-10-20(11-13-27)25-23-26-22(16-28-23)17-6-4-3-5-7-17/h3-8,16,19-21H,9-15H2,1-2H3,(H,25,26)/t19-,21-/m0/s1. The van der Waals surface area contributed by atoms with Gasteiger partial charge in [-0.1, -0.05) is 55.8 Å². The van der Waals surface area contributed by atoms with Crippen molar-refractivity contribution in [2.75, 3.05) is 25.0 Å². The molecule has 1 aliphatic heterocycles. The Hall–Kier alpha value is -1.65. The van der Waals surface area contributed by atoms with Crippen molar-refractivity contribution in [2.24, 2.45) is 17.3 Å². The quantitative estimate of drug-likeness (QED) is 0.663. The van der Waals surface area contributed by atoms with Crippen molar-refractivity contribution in [2.45, 2.75) is 45.6 Å². The molecular weight excluding hydrogens is 362 g/mol. The lowest BCUT2D eigenvalue weighted by atomic mass is 9.49. The summed E-state index contributed by atoms with van der Waals surface area (Å²) in [6.07, 6.45) is 7.73. The molecule has 1 N–H and O–H groups in total. The van der Waals surface area contributed by atoms with E-state index in [2.05, 4.69) is 65.9 Å². The SMILES string of the molecule is CC1(C)[C@H]2CC=C(CN3CCC(Nc4nc(-c5ccccc5)cs4)CC3)[C@@H]1C2. The van der Waals surface area contributed by atoms with Gasteiger partial charge in [0, 0.05) is 36.6 Å². The summed E-state index contributed by atoms with van der Waals surface area (Å²) in [4.78, 5) is 7.48. The molecule has 1 saturated carbocycles. The van der Waals surface area contributed by atoms with Crippen molar-refractivity contribution in [3.63, 3.8) is 0 Å². The van der Waals surface area contributed by atoms with Gasteiger partial charge in [0.1, 0.15) is 0 Å². The highest BCUT2D eigenvalue weighted by molar-refractivity contribution is 7.14. The van der Waals surface area contributed by atoms with Crippen LogP contribution in [0, 0.1) is 17.3 Å². The van der Waals surface area contributed by atoms with E-state index in [0.717, 1.165) is 22.7 Å². The van der Waals surface area contributed by atoms with Crippen LogP contribution in [-0.2, 0) is 0 Å². The van der Waals surface area contributed by atoms with Crippen LogP contribution in [0.4, 0.5) is 5.13 Å². The average molecular weight is 394 g/mol. The smallest absolute Gasteiger partial charge is 0.183 e. The number of piperidine rings is 1. The summed E-state index contributed by atoms with van der Waals surface area (Å²) in [6.45, 7) is 8.55. The van der Waals surface area contributed by atoms with E-state index < -0.39 is 0 Å². The molecule has 1 saturated heterocycles. The molecular formula is C24H31N3S. The normalized spacial score (nSPS) is 27.1. The number of benzene rings is 1. The molecule has 4 aliphatic rings. The summed E-state index contributed by atoms with van der Waals surface area (Å²) in [6, 6.07) is 11.0. The van der Waals surface area contributed by atoms with Crippen molar-refractivity contribution in [3.8, 4) is 11.3 Å². The summed E-state index contributed by atoms with van der Waals surface area (Å²) >= 11 is 1.73. The van der Waals surface area contributed by atoms with Crippen LogP contribution in [-0.4, -0.2) is 35.6 Å². The summed E-state index contributed by atoms with van der Waals surface area (Å²) in [5.41, 5.74) is 4.55. The first-order valence-electron chi connectivity index (χ1n) is 10.8. The van der Waals surface area contributed by atoms with E-state index in [9.17, 15) is 0 Å². The zero-order chi connectivity index (χ0) is 19.1. The Kier molecular flexibility index (Phi) is 4.80. The molecule has 0 radical (unpaired) electrons. The largest absolute Gasteiger partial charge is 0.359 e. The Morgan fingerprint density at radius 1 is 1.18 bits per heavy atom. The second-order valence-corrected chi connectivity index (χ2v) is 10.3. The first-order chi connectivity index (χ1) is 13.6. The van der Waals surface area contributed by atoms with Crippen LogP contribution >= 0.6 is 11.3 Å². The molecule has 148 valence electrons. The Bertz CT molecular complexity index is 846. The maximum Gasteiger partial charge on any atom is 0.183 e. The van der Waals surface area contributed by atoms with Gasteiger partial charge in [0.2, 0.25) is 0 Å². The molecule has 2 fully saturated rings. The third-order valence-corrected chi connectivity index (χ3v) is 8.25. The molecule has 2 aromatic rings. The van der Waals surface area contributed by atoms with Crippen LogP contribution in [0.2, 0.25) is 0 Å². The third-order valence-electron chi connectivity index (χ3n) is 7.48. The molecule has 4 heteroatoms. The summed E-state index contributed by atoms with van der Waals surface area (Å²) in [5.74, 6) is 1.78. The van der Waals surface area contributed by atoms with Crippen molar-refractivity contribution in [1.82, 2.24) is 9.88 Å². The predicted octanol–water partition coefficient (Wildman–Crippen LogP) is 5.68. The predicted molar refractivity (Wildman–Crippen MR) is 119 cm³/mol. The molecule has 6 rings (SSSR count). The van der Waals surface area contributed by atoms with E-state index in [1.165, 1.54) is 50.9 Å². The van der Waals surface area contributed by atoms with E-state index in [1.807, 2.05) is 0 Å². The minimum absolute atomic E-state index is 0.547. The lowest BCUT2D eigenvalue weighted by Gasteiger charge is -2.57. The van der Waals surface area contributed by atoms with E-state index in [0.29, 0.717) is 11.5 Å². The molecule has 1 aromatic heterocycles. The number of likely N-dealkylation sites (tertiary alicyclic amines) is 1. The fraction of sp³-hybridized carbons (Fsp3) is 0.542. The van der Waals surface area contributed by atoms with Gasteiger partial charge in [-0.3, -0.25) is 4.90 Å². The number of hydrogen-bond donors (Lipinski definition) is 1. The molecule has 0 spiro atoms. The van der Waals surface area contributed by atoms with Crippen LogP contribution in [0.1, 0.15) is 39.5 Å². The fourth-order valence-electron chi connectivity index (χ4n) is 5.41. The number of thiazole rings is 1. The van der Waals surface area contributed by atoms with Crippen LogP contribution in [0.15, 0.2) is 47.4 Å². The number of aromatic nitrogens is 1. The second-order valence-electron chi connectivity index (χ2n) is 9.42. The molecule has 28 heavy (non-hydrogen) atoms. The van der Waals surface area contributed by atoms with Crippen molar-refractivity contribution in [3.05, 3.63) is 47.4 Å². The highest BCUT2D eigenvalue weighted by Gasteiger charge is 2.51. The van der Waals surface area contributed by atoms with E-state index >= 15 is 0 Å². The number of hydrogen-bond acceptors (Lipinski definition) is 4. The molecule has 0 amide bonds. The highest BCUT2D eigenvalue weighted by Crippen LogP contribution is 2.59. The Labute approximate surface area is 172 Å². The number of nitrogens with one attached hydrogen (secondary N) is 1. The highest BCUT2D eigenvalue weighted by atomic mass is 32.1. The number of rotatable bonds is 5. The van der Waals surface area contributed by atoms with E-state index in [-0.39, 0.29) is 0 Å². The van der Waals surface area contributed by atoms with Gasteiger partial charge in [-0.05, 0) is 42.9 Å². The van der Waals surface area contributed by atoms with Gasteiger partial charge < -0.3 is 5.32 Å². The Morgan fingerprint density at radius 2 is 1.96 bits per heavy atom. The van der Waals surface area contributed by atoms with E-state index in [1.54, 1.807) is 16.9 Å². The number of allylic oxidation sites excluding steroid dienone is 1. The van der Waals surface area contributed by atoms with Crippen LogP contribution in [0.5, 0.6) is 0 Å². The monoisotopic (exact) mass is 393 g/mol. The van der Waals surface area contributed by atoms with Gasteiger partial charge in [0.05, 0.1) is 5.69 Å². The molecule has 2 bridgehead atoms. The molecule has 0 unspecified atom stereocenters. The van der Waals surface area contributed by atoms with Crippen molar-refractivity contribution < 1.29 is 0 Å². The lowest BCUT2D eigenvalue weighted by Crippen LogP contribution is -2.50. The van der Waals surface area contributed by atoms with Gasteiger partial charge in [0.25, 0.3) is 0 Å². The van der Waals surface area contributed by atoms with Crippen molar-refractivity contribution >= 4 is 16.5 Å². The summed E-state index contributed by atoms with van der Waals surface area (Å²) in [7, 11) is 0. The number of anilines is 1. The molecule has 2 heterocycles. The zero-order valence-corrected chi connectivity index (χ0v) is 17.8. The minimum atomic E-state index is 0.547. The Balaban J connectivity index is 1.13. The Morgan fingerprint density at radius 3 is 2.68 bits per heavy atom. The minimum Gasteiger partial charge on any atom is -0.359 e.